The lowest BCUT2D eigenvalue weighted by Crippen LogP contribution is -2.25. The molecule has 5 unspecified atom stereocenters. The van der Waals surface area contributed by atoms with Crippen LogP contribution in [0, 0.1) is 17.3 Å². The number of unbranched alkanes of at least 4 members (excludes halogenated alkanes) is 4. The maximum absolute atomic E-state index is 10.4. The zero-order valence-corrected chi connectivity index (χ0v) is 13.5. The molecule has 0 aromatic carbocycles. The molecule has 0 saturated heterocycles. The van der Waals surface area contributed by atoms with E-state index in [9.17, 15) is 15.3 Å². The standard InChI is InChI=1S/C17H34O3/c1-4-6-8-10-14(19)16-13(12-18)17(16,3)15(20)11-9-7-5-2/h13-16,18-20H,4-12H2,1-3H3. The molecule has 3 heteroatoms. The predicted molar refractivity (Wildman–Crippen MR) is 82.5 cm³/mol. The third-order valence-corrected chi connectivity index (χ3v) is 5.36. The van der Waals surface area contributed by atoms with Gasteiger partial charge in [0.25, 0.3) is 0 Å². The molecule has 1 aliphatic rings. The zero-order valence-electron chi connectivity index (χ0n) is 13.5. The first-order chi connectivity index (χ1) is 9.53. The smallest absolute Gasteiger partial charge is 0.0601 e. The van der Waals surface area contributed by atoms with Crippen molar-refractivity contribution < 1.29 is 15.3 Å². The quantitative estimate of drug-likeness (QED) is 0.511. The van der Waals surface area contributed by atoms with Gasteiger partial charge in [-0.25, -0.2) is 0 Å². The van der Waals surface area contributed by atoms with E-state index in [2.05, 4.69) is 13.8 Å². The van der Waals surface area contributed by atoms with Crippen LogP contribution in [-0.2, 0) is 0 Å². The third-order valence-electron chi connectivity index (χ3n) is 5.36. The van der Waals surface area contributed by atoms with Crippen molar-refractivity contribution in [3.63, 3.8) is 0 Å². The van der Waals surface area contributed by atoms with Crippen molar-refractivity contribution in [3.05, 3.63) is 0 Å². The van der Waals surface area contributed by atoms with Crippen molar-refractivity contribution in [3.8, 4) is 0 Å². The highest BCUT2D eigenvalue weighted by molar-refractivity contribution is 5.13. The molecule has 0 spiro atoms. The van der Waals surface area contributed by atoms with Crippen molar-refractivity contribution in [2.24, 2.45) is 17.3 Å². The molecule has 1 fully saturated rings. The van der Waals surface area contributed by atoms with Crippen molar-refractivity contribution in [1.82, 2.24) is 0 Å². The van der Waals surface area contributed by atoms with E-state index >= 15 is 0 Å². The van der Waals surface area contributed by atoms with Gasteiger partial charge in [-0.15, -0.1) is 0 Å². The summed E-state index contributed by atoms with van der Waals surface area (Å²) >= 11 is 0. The van der Waals surface area contributed by atoms with E-state index in [0.717, 1.165) is 51.4 Å². The Hall–Kier alpha value is -0.120. The van der Waals surface area contributed by atoms with Gasteiger partial charge in [0, 0.05) is 12.0 Å². The summed E-state index contributed by atoms with van der Waals surface area (Å²) in [5.74, 6) is 0.136. The number of hydrogen-bond acceptors (Lipinski definition) is 3. The molecule has 1 saturated carbocycles. The monoisotopic (exact) mass is 286 g/mol. The van der Waals surface area contributed by atoms with Gasteiger partial charge in [-0.3, -0.25) is 0 Å². The fourth-order valence-electron chi connectivity index (χ4n) is 3.80. The Morgan fingerprint density at radius 3 is 2.00 bits per heavy atom. The van der Waals surface area contributed by atoms with Crippen LogP contribution in [0.4, 0.5) is 0 Å². The highest BCUT2D eigenvalue weighted by atomic mass is 16.3. The average molecular weight is 286 g/mol. The van der Waals surface area contributed by atoms with E-state index in [4.69, 9.17) is 0 Å². The van der Waals surface area contributed by atoms with Gasteiger partial charge in [0.2, 0.25) is 0 Å². The van der Waals surface area contributed by atoms with Crippen LogP contribution in [0.1, 0.15) is 72.1 Å². The first-order valence-corrected chi connectivity index (χ1v) is 8.50. The maximum Gasteiger partial charge on any atom is 0.0601 e. The van der Waals surface area contributed by atoms with Crippen LogP contribution in [-0.4, -0.2) is 34.1 Å². The minimum absolute atomic E-state index is 0.0655. The maximum atomic E-state index is 10.4. The fraction of sp³-hybridized carbons (Fsp3) is 1.00. The van der Waals surface area contributed by atoms with Crippen LogP contribution in [0.2, 0.25) is 0 Å². The summed E-state index contributed by atoms with van der Waals surface area (Å²) in [6.07, 6.45) is 7.47. The second-order valence-corrected chi connectivity index (χ2v) is 6.76. The predicted octanol–water partition coefficient (Wildman–Crippen LogP) is 3.11. The highest BCUT2D eigenvalue weighted by Crippen LogP contribution is 2.63. The molecular formula is C17H34O3. The van der Waals surface area contributed by atoms with Crippen LogP contribution in [0.25, 0.3) is 0 Å². The minimum atomic E-state index is -0.392. The van der Waals surface area contributed by atoms with Gasteiger partial charge in [0.05, 0.1) is 12.2 Å². The zero-order chi connectivity index (χ0) is 15.2. The molecule has 20 heavy (non-hydrogen) atoms. The van der Waals surface area contributed by atoms with Gasteiger partial charge in [0.15, 0.2) is 0 Å². The van der Waals surface area contributed by atoms with Gasteiger partial charge in [0.1, 0.15) is 0 Å². The lowest BCUT2D eigenvalue weighted by Gasteiger charge is -2.22. The van der Waals surface area contributed by atoms with Crippen LogP contribution in [0.3, 0.4) is 0 Å². The summed E-state index contributed by atoms with van der Waals surface area (Å²) in [4.78, 5) is 0. The molecule has 120 valence electrons. The molecule has 0 heterocycles. The normalized spacial score (nSPS) is 32.1. The second kappa shape index (κ2) is 8.35. The third kappa shape index (κ3) is 3.96. The molecule has 1 aliphatic carbocycles. The van der Waals surface area contributed by atoms with Crippen LogP contribution in [0.15, 0.2) is 0 Å². The van der Waals surface area contributed by atoms with Gasteiger partial charge in [-0.1, -0.05) is 59.3 Å². The average Bonchev–Trinajstić information content (AvgIpc) is 3.06. The van der Waals surface area contributed by atoms with Crippen LogP contribution < -0.4 is 0 Å². The molecule has 5 atom stereocenters. The summed E-state index contributed by atoms with van der Waals surface area (Å²) in [5.41, 5.74) is -0.284. The van der Waals surface area contributed by atoms with Crippen molar-refractivity contribution in [1.29, 1.82) is 0 Å². The van der Waals surface area contributed by atoms with E-state index < -0.39 is 6.10 Å². The van der Waals surface area contributed by atoms with Crippen molar-refractivity contribution >= 4 is 0 Å². The second-order valence-electron chi connectivity index (χ2n) is 6.76. The lowest BCUT2D eigenvalue weighted by molar-refractivity contribution is 0.0478. The molecule has 0 bridgehead atoms. The summed E-state index contributed by atoms with van der Waals surface area (Å²) in [6, 6.07) is 0. The van der Waals surface area contributed by atoms with Gasteiger partial charge in [-0.05, 0) is 24.7 Å². The van der Waals surface area contributed by atoms with E-state index in [1.54, 1.807) is 0 Å². The number of aliphatic hydroxyl groups excluding tert-OH is 3. The van der Waals surface area contributed by atoms with Gasteiger partial charge < -0.3 is 15.3 Å². The molecular weight excluding hydrogens is 252 g/mol. The molecule has 3 nitrogen and oxygen atoms in total. The number of aliphatic hydroxyl groups is 3. The SMILES string of the molecule is CCCCCC(O)C1C(CO)C1(C)C(O)CCCCC. The van der Waals surface area contributed by atoms with E-state index in [0.29, 0.717) is 0 Å². The number of rotatable bonds is 11. The Labute approximate surface area is 124 Å². The first kappa shape index (κ1) is 17.9. The van der Waals surface area contributed by atoms with Gasteiger partial charge >= 0.3 is 0 Å². The summed E-state index contributed by atoms with van der Waals surface area (Å²) in [5, 5.41) is 30.3. The van der Waals surface area contributed by atoms with Crippen molar-refractivity contribution in [2.75, 3.05) is 6.61 Å². The van der Waals surface area contributed by atoms with E-state index in [-0.39, 0.29) is 30.0 Å². The molecule has 0 aromatic rings. The molecule has 0 aromatic heterocycles. The van der Waals surface area contributed by atoms with Crippen LogP contribution in [0.5, 0.6) is 0 Å². The Kier molecular flexibility index (Phi) is 7.49. The fourth-order valence-corrected chi connectivity index (χ4v) is 3.80. The minimum Gasteiger partial charge on any atom is -0.396 e. The summed E-state index contributed by atoms with van der Waals surface area (Å²) < 4.78 is 0. The summed E-state index contributed by atoms with van der Waals surface area (Å²) in [7, 11) is 0. The van der Waals surface area contributed by atoms with Crippen molar-refractivity contribution in [2.45, 2.75) is 84.3 Å². The molecule has 1 rings (SSSR count). The van der Waals surface area contributed by atoms with E-state index in [1.165, 1.54) is 0 Å². The number of hydrogen-bond donors (Lipinski definition) is 3. The van der Waals surface area contributed by atoms with Gasteiger partial charge in [-0.2, -0.15) is 0 Å². The molecule has 0 aliphatic heterocycles. The Morgan fingerprint density at radius 1 is 0.950 bits per heavy atom. The van der Waals surface area contributed by atoms with E-state index in [1.807, 2.05) is 6.92 Å². The largest absolute Gasteiger partial charge is 0.396 e. The molecule has 0 radical (unpaired) electrons. The Morgan fingerprint density at radius 2 is 1.50 bits per heavy atom. The molecule has 0 amide bonds. The highest BCUT2D eigenvalue weighted by Gasteiger charge is 2.66. The Bertz CT molecular complexity index is 269. The topological polar surface area (TPSA) is 60.7 Å². The molecule has 3 N–H and O–H groups in total. The summed E-state index contributed by atoms with van der Waals surface area (Å²) in [6.45, 7) is 6.43. The van der Waals surface area contributed by atoms with Crippen LogP contribution >= 0.6 is 0 Å². The first-order valence-electron chi connectivity index (χ1n) is 8.50. The lowest BCUT2D eigenvalue weighted by atomic mass is 9.90. The Balaban J connectivity index is 2.50.